The number of esters is 3. The third-order valence-corrected chi connectivity index (χ3v) is 6.85. The Balaban J connectivity index is 2.84. The lowest BCUT2D eigenvalue weighted by Gasteiger charge is -2.13. The predicted molar refractivity (Wildman–Crippen MR) is 128 cm³/mol. The molecule has 0 unspecified atom stereocenters. The number of carbonyl (C=O) groups excluding carboxylic acids is 3. The molecule has 9 nitrogen and oxygen atoms in total. The van der Waals surface area contributed by atoms with Gasteiger partial charge >= 0.3 is 17.9 Å². The van der Waals surface area contributed by atoms with E-state index in [0.29, 0.717) is 0 Å². The number of aromatic nitrogens is 1. The van der Waals surface area contributed by atoms with Crippen LogP contribution in [0.15, 0.2) is 40.8 Å². The molecule has 1 aromatic heterocycles. The summed E-state index contributed by atoms with van der Waals surface area (Å²) < 4.78 is 42.9. The van der Waals surface area contributed by atoms with Gasteiger partial charge in [-0.05, 0) is 57.5 Å². The number of hydrogen-bond donors (Lipinski definition) is 0. The zero-order valence-corrected chi connectivity index (χ0v) is 21.7. The van der Waals surface area contributed by atoms with Crippen molar-refractivity contribution in [3.05, 3.63) is 58.4 Å². The van der Waals surface area contributed by atoms with Crippen LogP contribution in [0, 0.1) is 6.92 Å². The normalized spacial score (nSPS) is 11.0. The first-order valence-electron chi connectivity index (χ1n) is 10.5. The van der Waals surface area contributed by atoms with E-state index in [1.165, 1.54) is 18.2 Å². The molecule has 0 saturated carbocycles. The van der Waals surface area contributed by atoms with Gasteiger partial charge in [0.25, 0.3) is 10.0 Å². The third-order valence-electron chi connectivity index (χ3n) is 4.55. The zero-order valence-electron chi connectivity index (χ0n) is 19.3. The summed E-state index contributed by atoms with van der Waals surface area (Å²) in [5, 5.41) is -0.0255. The molecule has 0 atom stereocenters. The summed E-state index contributed by atoms with van der Waals surface area (Å²) in [6.07, 6.45) is 1.15. The molecule has 0 fully saturated rings. The number of hydrogen-bond acceptors (Lipinski definition) is 8. The second kappa shape index (κ2) is 12.0. The van der Waals surface area contributed by atoms with E-state index in [1.807, 2.05) is 6.92 Å². The molecule has 0 bridgehead atoms. The molecular weight excluding hydrogens is 530 g/mol. The first kappa shape index (κ1) is 27.3. The SMILES string of the molecule is CCOC(=O)C(=Cc1cc(C(=O)OCC)n(S(=O)(=O)c2ccc(C)cc2)c1CBr)C(=O)OCC. The van der Waals surface area contributed by atoms with Gasteiger partial charge in [0.15, 0.2) is 0 Å². The van der Waals surface area contributed by atoms with Crippen LogP contribution in [0.1, 0.15) is 48.1 Å². The topological polar surface area (TPSA) is 118 Å². The number of alkyl halides is 1. The van der Waals surface area contributed by atoms with Gasteiger partial charge in [0.05, 0.1) is 30.4 Å². The Morgan fingerprint density at radius 3 is 1.94 bits per heavy atom. The lowest BCUT2D eigenvalue weighted by molar-refractivity contribution is -0.146. The van der Waals surface area contributed by atoms with E-state index in [4.69, 9.17) is 14.2 Å². The molecule has 0 spiro atoms. The maximum absolute atomic E-state index is 13.6. The molecule has 1 aromatic carbocycles. The molecule has 2 rings (SSSR count). The van der Waals surface area contributed by atoms with Crippen LogP contribution in [0.2, 0.25) is 0 Å². The maximum Gasteiger partial charge on any atom is 0.356 e. The van der Waals surface area contributed by atoms with Crippen LogP contribution in [0.3, 0.4) is 0 Å². The summed E-state index contributed by atoms with van der Waals surface area (Å²) in [5.74, 6) is -2.75. The molecule has 34 heavy (non-hydrogen) atoms. The fraction of sp³-hybridized carbons (Fsp3) is 0.348. The van der Waals surface area contributed by atoms with Gasteiger partial charge in [0, 0.05) is 5.33 Å². The van der Waals surface area contributed by atoms with E-state index in [-0.39, 0.29) is 47.0 Å². The van der Waals surface area contributed by atoms with E-state index in [1.54, 1.807) is 32.9 Å². The molecule has 0 aliphatic rings. The van der Waals surface area contributed by atoms with Gasteiger partial charge in [-0.25, -0.2) is 26.8 Å². The van der Waals surface area contributed by atoms with Gasteiger partial charge in [0.2, 0.25) is 0 Å². The van der Waals surface area contributed by atoms with Crippen LogP contribution < -0.4 is 0 Å². The lowest BCUT2D eigenvalue weighted by Crippen LogP contribution is -2.22. The van der Waals surface area contributed by atoms with Crippen LogP contribution in [0.4, 0.5) is 0 Å². The van der Waals surface area contributed by atoms with E-state index in [2.05, 4.69) is 15.9 Å². The molecule has 1 heterocycles. The third kappa shape index (κ3) is 5.95. The van der Waals surface area contributed by atoms with Crippen molar-refractivity contribution in [2.75, 3.05) is 19.8 Å². The summed E-state index contributed by atoms with van der Waals surface area (Å²) >= 11 is 3.26. The Hall–Kier alpha value is -2.92. The summed E-state index contributed by atoms with van der Waals surface area (Å²) in [4.78, 5) is 37.5. The smallest absolute Gasteiger partial charge is 0.356 e. The number of nitrogens with zero attached hydrogens (tertiary/aromatic N) is 1. The second-order valence-electron chi connectivity index (χ2n) is 6.87. The molecule has 0 aliphatic heterocycles. The first-order valence-corrected chi connectivity index (χ1v) is 13.0. The zero-order chi connectivity index (χ0) is 25.5. The second-order valence-corrected chi connectivity index (χ2v) is 9.21. The Morgan fingerprint density at radius 2 is 1.47 bits per heavy atom. The van der Waals surface area contributed by atoms with E-state index in [9.17, 15) is 22.8 Å². The summed E-state index contributed by atoms with van der Waals surface area (Å²) in [7, 11) is -4.24. The van der Waals surface area contributed by atoms with Gasteiger partial charge < -0.3 is 14.2 Å². The number of rotatable bonds is 10. The molecule has 11 heteroatoms. The number of halogens is 1. The maximum atomic E-state index is 13.6. The van der Waals surface area contributed by atoms with Gasteiger partial charge in [-0.1, -0.05) is 33.6 Å². The average Bonchev–Trinajstić information content (AvgIpc) is 3.17. The minimum absolute atomic E-state index is 0.0117. The van der Waals surface area contributed by atoms with Crippen molar-refractivity contribution in [1.82, 2.24) is 3.97 Å². The fourth-order valence-electron chi connectivity index (χ4n) is 3.02. The molecular formula is C23H26BrNO8S. The van der Waals surface area contributed by atoms with Gasteiger partial charge in [0.1, 0.15) is 11.3 Å². The highest BCUT2D eigenvalue weighted by Crippen LogP contribution is 2.28. The fourth-order valence-corrected chi connectivity index (χ4v) is 5.30. The molecule has 2 aromatic rings. The van der Waals surface area contributed by atoms with E-state index in [0.717, 1.165) is 15.6 Å². The predicted octanol–water partition coefficient (Wildman–Crippen LogP) is 3.61. The van der Waals surface area contributed by atoms with E-state index >= 15 is 0 Å². The Kier molecular flexibility index (Phi) is 9.63. The molecule has 0 aliphatic carbocycles. The number of carbonyl (C=O) groups is 3. The molecule has 0 amide bonds. The minimum atomic E-state index is -4.24. The monoisotopic (exact) mass is 555 g/mol. The van der Waals surface area contributed by atoms with Crippen LogP contribution in [0.5, 0.6) is 0 Å². The van der Waals surface area contributed by atoms with Crippen LogP contribution in [-0.4, -0.2) is 50.1 Å². The van der Waals surface area contributed by atoms with Crippen molar-refractivity contribution in [1.29, 1.82) is 0 Å². The number of ether oxygens (including phenoxy) is 3. The Morgan fingerprint density at radius 1 is 0.941 bits per heavy atom. The number of benzene rings is 1. The van der Waals surface area contributed by atoms with Crippen molar-refractivity contribution >= 4 is 49.9 Å². The van der Waals surface area contributed by atoms with Crippen molar-refractivity contribution in [2.24, 2.45) is 0 Å². The summed E-state index contributed by atoms with van der Waals surface area (Å²) in [6.45, 7) is 6.60. The van der Waals surface area contributed by atoms with E-state index < -0.39 is 33.5 Å². The van der Waals surface area contributed by atoms with Crippen LogP contribution in [0.25, 0.3) is 6.08 Å². The highest BCUT2D eigenvalue weighted by molar-refractivity contribution is 9.08. The largest absolute Gasteiger partial charge is 0.462 e. The summed E-state index contributed by atoms with van der Waals surface area (Å²) in [6, 6.07) is 7.37. The van der Waals surface area contributed by atoms with Gasteiger partial charge in [-0.3, -0.25) is 0 Å². The average molecular weight is 556 g/mol. The minimum Gasteiger partial charge on any atom is -0.462 e. The number of aryl methyl sites for hydroxylation is 1. The molecule has 0 saturated heterocycles. The summed E-state index contributed by atoms with van der Waals surface area (Å²) in [5.41, 5.74) is 0.373. The van der Waals surface area contributed by atoms with Crippen molar-refractivity contribution in [3.63, 3.8) is 0 Å². The molecule has 184 valence electrons. The first-order chi connectivity index (χ1) is 16.1. The van der Waals surface area contributed by atoms with Gasteiger partial charge in [-0.2, -0.15) is 0 Å². The Bertz CT molecular complexity index is 1180. The van der Waals surface area contributed by atoms with Crippen LogP contribution >= 0.6 is 15.9 Å². The van der Waals surface area contributed by atoms with Crippen molar-refractivity contribution in [2.45, 2.75) is 37.9 Å². The van der Waals surface area contributed by atoms with Crippen molar-refractivity contribution < 1.29 is 37.0 Å². The highest BCUT2D eigenvalue weighted by atomic mass is 79.9. The molecule has 0 N–H and O–H groups in total. The highest BCUT2D eigenvalue weighted by Gasteiger charge is 2.31. The Labute approximate surface area is 206 Å². The van der Waals surface area contributed by atoms with Gasteiger partial charge in [-0.15, -0.1) is 0 Å². The quantitative estimate of drug-likeness (QED) is 0.109. The van der Waals surface area contributed by atoms with Crippen LogP contribution in [-0.2, 0) is 39.2 Å². The lowest BCUT2D eigenvalue weighted by atomic mass is 10.1. The standard InChI is InChI=1S/C23H26BrNO8S/c1-5-31-21(26)18(22(27)32-6-2)12-16-13-19(23(28)33-7-3)25(20(16)14-24)34(29,30)17-10-8-15(4)9-11-17/h8-13H,5-7,14H2,1-4H3. The van der Waals surface area contributed by atoms with Crippen molar-refractivity contribution in [3.8, 4) is 0 Å². The molecule has 0 radical (unpaired) electrons.